The van der Waals surface area contributed by atoms with Gasteiger partial charge in [0.15, 0.2) is 0 Å². The molecule has 0 atom stereocenters. The molecule has 124 valence electrons. The summed E-state index contributed by atoms with van der Waals surface area (Å²) in [5, 5.41) is 2.92. The predicted octanol–water partition coefficient (Wildman–Crippen LogP) is 2.86. The quantitative estimate of drug-likeness (QED) is 0.840. The molecule has 0 aliphatic heterocycles. The summed E-state index contributed by atoms with van der Waals surface area (Å²) in [6.45, 7) is 8.58. The van der Waals surface area contributed by atoms with Gasteiger partial charge in [-0.3, -0.25) is 0 Å². The zero-order chi connectivity index (χ0) is 16.7. The molecule has 0 heterocycles. The van der Waals surface area contributed by atoms with E-state index in [0.29, 0.717) is 24.6 Å². The lowest BCUT2D eigenvalue weighted by Crippen LogP contribution is -2.44. The van der Waals surface area contributed by atoms with E-state index in [4.69, 9.17) is 0 Å². The highest BCUT2D eigenvalue weighted by Crippen LogP contribution is 2.09. The molecule has 0 radical (unpaired) electrons. The SMILES string of the molecule is Cc1cc(CNC(=O)N(CCN(C)C)CC(C)C)ccc1F. The molecule has 1 N–H and O–H groups in total. The van der Waals surface area contributed by atoms with E-state index in [2.05, 4.69) is 24.1 Å². The number of likely N-dealkylation sites (N-methyl/N-ethyl adjacent to an activating group) is 1. The second-order valence-electron chi connectivity index (χ2n) is 6.39. The van der Waals surface area contributed by atoms with Crippen molar-refractivity contribution in [1.82, 2.24) is 15.1 Å². The van der Waals surface area contributed by atoms with E-state index in [0.717, 1.165) is 18.7 Å². The number of rotatable bonds is 7. The van der Waals surface area contributed by atoms with Crippen LogP contribution in [0.5, 0.6) is 0 Å². The number of benzene rings is 1. The first-order chi connectivity index (χ1) is 10.3. The Hall–Kier alpha value is -1.62. The van der Waals surface area contributed by atoms with Crippen molar-refractivity contribution in [2.75, 3.05) is 33.7 Å². The summed E-state index contributed by atoms with van der Waals surface area (Å²) in [5.41, 5.74) is 1.50. The van der Waals surface area contributed by atoms with Crippen LogP contribution in [-0.2, 0) is 6.54 Å². The van der Waals surface area contributed by atoms with Crippen molar-refractivity contribution < 1.29 is 9.18 Å². The molecule has 1 aromatic carbocycles. The average molecular weight is 309 g/mol. The fourth-order valence-electron chi connectivity index (χ4n) is 2.14. The third-order valence-electron chi connectivity index (χ3n) is 3.36. The van der Waals surface area contributed by atoms with Gasteiger partial charge in [0.1, 0.15) is 5.82 Å². The molecule has 0 fully saturated rings. The molecule has 0 bridgehead atoms. The normalized spacial score (nSPS) is 11.1. The van der Waals surface area contributed by atoms with Gasteiger partial charge < -0.3 is 15.1 Å². The molecule has 0 aliphatic carbocycles. The Morgan fingerprint density at radius 3 is 2.50 bits per heavy atom. The van der Waals surface area contributed by atoms with E-state index in [9.17, 15) is 9.18 Å². The lowest BCUT2D eigenvalue weighted by atomic mass is 10.1. The van der Waals surface area contributed by atoms with Crippen LogP contribution in [0.15, 0.2) is 18.2 Å². The average Bonchev–Trinajstić information content (AvgIpc) is 2.43. The number of aryl methyl sites for hydroxylation is 1. The Morgan fingerprint density at radius 1 is 1.27 bits per heavy atom. The number of carbonyl (C=O) groups is 1. The lowest BCUT2D eigenvalue weighted by Gasteiger charge is -2.26. The summed E-state index contributed by atoms with van der Waals surface area (Å²) in [6, 6.07) is 4.84. The molecule has 0 unspecified atom stereocenters. The molecule has 0 saturated carbocycles. The summed E-state index contributed by atoms with van der Waals surface area (Å²) >= 11 is 0. The molecule has 0 spiro atoms. The van der Waals surface area contributed by atoms with Gasteiger partial charge in [0.2, 0.25) is 0 Å². The molecule has 4 nitrogen and oxygen atoms in total. The first-order valence-electron chi connectivity index (χ1n) is 7.72. The molecule has 0 aliphatic rings. The zero-order valence-electron chi connectivity index (χ0n) is 14.3. The predicted molar refractivity (Wildman–Crippen MR) is 88.3 cm³/mol. The maximum atomic E-state index is 13.2. The van der Waals surface area contributed by atoms with Crippen LogP contribution in [0.1, 0.15) is 25.0 Å². The summed E-state index contributed by atoms with van der Waals surface area (Å²) in [6.07, 6.45) is 0. The molecular formula is C17H28FN3O. The third kappa shape index (κ3) is 6.43. The van der Waals surface area contributed by atoms with Crippen LogP contribution < -0.4 is 5.32 Å². The zero-order valence-corrected chi connectivity index (χ0v) is 14.3. The van der Waals surface area contributed by atoms with Crippen molar-refractivity contribution in [1.29, 1.82) is 0 Å². The number of halogens is 1. The van der Waals surface area contributed by atoms with Crippen molar-refractivity contribution in [3.8, 4) is 0 Å². The van der Waals surface area contributed by atoms with Gasteiger partial charge in [-0.1, -0.05) is 26.0 Å². The van der Waals surface area contributed by atoms with E-state index < -0.39 is 0 Å². The van der Waals surface area contributed by atoms with Crippen LogP contribution in [0, 0.1) is 18.7 Å². The fraction of sp³-hybridized carbons (Fsp3) is 0.588. The minimum atomic E-state index is -0.220. The number of hydrogen-bond acceptors (Lipinski definition) is 2. The Labute approximate surface area is 133 Å². The lowest BCUT2D eigenvalue weighted by molar-refractivity contribution is 0.184. The highest BCUT2D eigenvalue weighted by Gasteiger charge is 2.14. The Balaban J connectivity index is 2.59. The first-order valence-corrected chi connectivity index (χ1v) is 7.72. The fourth-order valence-corrected chi connectivity index (χ4v) is 2.14. The van der Waals surface area contributed by atoms with Crippen molar-refractivity contribution >= 4 is 6.03 Å². The van der Waals surface area contributed by atoms with Crippen LogP contribution >= 0.6 is 0 Å². The minimum Gasteiger partial charge on any atom is -0.334 e. The number of amides is 2. The number of nitrogens with zero attached hydrogens (tertiary/aromatic N) is 2. The van der Waals surface area contributed by atoms with Gasteiger partial charge >= 0.3 is 6.03 Å². The van der Waals surface area contributed by atoms with E-state index in [1.165, 1.54) is 6.07 Å². The second kappa shape index (κ2) is 8.73. The molecule has 2 amide bonds. The Morgan fingerprint density at radius 2 is 1.95 bits per heavy atom. The Bertz CT molecular complexity index is 489. The summed E-state index contributed by atoms with van der Waals surface area (Å²) in [7, 11) is 3.99. The summed E-state index contributed by atoms with van der Waals surface area (Å²) in [4.78, 5) is 16.2. The Kier molecular flexibility index (Phi) is 7.32. The first kappa shape index (κ1) is 18.4. The minimum absolute atomic E-state index is 0.0717. The van der Waals surface area contributed by atoms with Crippen molar-refractivity contribution in [2.24, 2.45) is 5.92 Å². The van der Waals surface area contributed by atoms with Gasteiger partial charge in [-0.05, 0) is 44.1 Å². The topological polar surface area (TPSA) is 35.6 Å². The summed E-state index contributed by atoms with van der Waals surface area (Å²) in [5.74, 6) is 0.198. The van der Waals surface area contributed by atoms with E-state index in [1.807, 2.05) is 19.0 Å². The van der Waals surface area contributed by atoms with Crippen LogP contribution in [0.4, 0.5) is 9.18 Å². The highest BCUT2D eigenvalue weighted by molar-refractivity contribution is 5.74. The number of nitrogens with one attached hydrogen (secondary N) is 1. The second-order valence-corrected chi connectivity index (χ2v) is 6.39. The standard InChI is InChI=1S/C17H28FN3O/c1-13(2)12-21(9-8-20(4)5)17(22)19-11-15-6-7-16(18)14(3)10-15/h6-7,10,13H,8-9,11-12H2,1-5H3,(H,19,22). The van der Waals surface area contributed by atoms with Gasteiger partial charge in [0.05, 0.1) is 0 Å². The number of hydrogen-bond donors (Lipinski definition) is 1. The van der Waals surface area contributed by atoms with Gasteiger partial charge in [0, 0.05) is 26.2 Å². The van der Waals surface area contributed by atoms with E-state index >= 15 is 0 Å². The molecule has 22 heavy (non-hydrogen) atoms. The van der Waals surface area contributed by atoms with Crippen LogP contribution in [0.3, 0.4) is 0 Å². The third-order valence-corrected chi connectivity index (χ3v) is 3.36. The molecular weight excluding hydrogens is 281 g/mol. The number of carbonyl (C=O) groups excluding carboxylic acids is 1. The van der Waals surface area contributed by atoms with Gasteiger partial charge in [-0.25, -0.2) is 9.18 Å². The van der Waals surface area contributed by atoms with Crippen LogP contribution in [-0.4, -0.2) is 49.6 Å². The van der Waals surface area contributed by atoms with Gasteiger partial charge in [-0.15, -0.1) is 0 Å². The smallest absolute Gasteiger partial charge is 0.317 e. The van der Waals surface area contributed by atoms with E-state index in [1.54, 1.807) is 19.1 Å². The maximum absolute atomic E-state index is 13.2. The highest BCUT2D eigenvalue weighted by atomic mass is 19.1. The monoisotopic (exact) mass is 309 g/mol. The van der Waals surface area contributed by atoms with E-state index in [-0.39, 0.29) is 11.8 Å². The van der Waals surface area contributed by atoms with Crippen molar-refractivity contribution in [2.45, 2.75) is 27.3 Å². The number of urea groups is 1. The largest absolute Gasteiger partial charge is 0.334 e. The molecule has 5 heteroatoms. The van der Waals surface area contributed by atoms with Gasteiger partial charge in [-0.2, -0.15) is 0 Å². The molecule has 0 saturated heterocycles. The van der Waals surface area contributed by atoms with Crippen molar-refractivity contribution in [3.63, 3.8) is 0 Å². The van der Waals surface area contributed by atoms with Gasteiger partial charge in [0.25, 0.3) is 0 Å². The van der Waals surface area contributed by atoms with Crippen LogP contribution in [0.2, 0.25) is 0 Å². The van der Waals surface area contributed by atoms with Crippen molar-refractivity contribution in [3.05, 3.63) is 35.1 Å². The molecule has 1 aromatic rings. The molecule has 1 rings (SSSR count). The molecule has 0 aromatic heterocycles. The van der Waals surface area contributed by atoms with Crippen LogP contribution in [0.25, 0.3) is 0 Å². The summed E-state index contributed by atoms with van der Waals surface area (Å²) < 4.78 is 13.2. The maximum Gasteiger partial charge on any atom is 0.317 e.